The first-order valence-corrected chi connectivity index (χ1v) is 7.31. The number of carbonyl (C=O) groups is 1. The third-order valence-electron chi connectivity index (χ3n) is 3.26. The molecule has 114 valence electrons. The zero-order valence-electron chi connectivity index (χ0n) is 12.4. The van der Waals surface area contributed by atoms with Crippen molar-refractivity contribution in [2.24, 2.45) is 5.10 Å². The molecule has 2 N–H and O–H groups in total. The summed E-state index contributed by atoms with van der Waals surface area (Å²) in [6.07, 6.45) is 2.12. The number of nitrogens with zero attached hydrogens (tertiary/aromatic N) is 1. The standard InChI is InChI=1S/C17H17ClN2O2/c1-3-12-5-4-6-15(21)16(12)17(22)20-19-10-13-8-7-11(2)9-14(13)18/h4-10,21H,3H2,1-2H3,(H,20,22). The van der Waals surface area contributed by atoms with Crippen molar-refractivity contribution in [3.05, 3.63) is 63.7 Å². The van der Waals surface area contributed by atoms with Crippen LogP contribution in [-0.2, 0) is 6.42 Å². The number of hydrogen-bond acceptors (Lipinski definition) is 3. The van der Waals surface area contributed by atoms with Crippen molar-refractivity contribution in [1.82, 2.24) is 5.43 Å². The summed E-state index contributed by atoms with van der Waals surface area (Å²) in [5.41, 5.74) is 5.19. The molecule has 0 aromatic heterocycles. The lowest BCUT2D eigenvalue weighted by Crippen LogP contribution is -2.19. The van der Waals surface area contributed by atoms with Crippen LogP contribution in [-0.4, -0.2) is 17.2 Å². The van der Waals surface area contributed by atoms with Gasteiger partial charge in [0.05, 0.1) is 11.8 Å². The van der Waals surface area contributed by atoms with Crippen molar-refractivity contribution < 1.29 is 9.90 Å². The number of rotatable bonds is 4. The van der Waals surface area contributed by atoms with E-state index in [2.05, 4.69) is 10.5 Å². The van der Waals surface area contributed by atoms with Gasteiger partial charge in [-0.2, -0.15) is 5.10 Å². The molecule has 0 bridgehead atoms. The molecule has 0 aliphatic carbocycles. The van der Waals surface area contributed by atoms with Gasteiger partial charge >= 0.3 is 0 Å². The van der Waals surface area contributed by atoms with E-state index in [1.165, 1.54) is 12.3 Å². The number of aryl methyl sites for hydroxylation is 2. The molecule has 5 heteroatoms. The minimum Gasteiger partial charge on any atom is -0.507 e. The van der Waals surface area contributed by atoms with Crippen LogP contribution in [0.15, 0.2) is 41.5 Å². The third kappa shape index (κ3) is 3.65. The Morgan fingerprint density at radius 2 is 2.14 bits per heavy atom. The van der Waals surface area contributed by atoms with Crippen molar-refractivity contribution in [3.63, 3.8) is 0 Å². The summed E-state index contributed by atoms with van der Waals surface area (Å²) in [5, 5.41) is 14.3. The summed E-state index contributed by atoms with van der Waals surface area (Å²) in [6.45, 7) is 3.86. The number of hydrogen-bond donors (Lipinski definition) is 2. The molecule has 0 atom stereocenters. The predicted octanol–water partition coefficient (Wildman–Crippen LogP) is 3.68. The summed E-state index contributed by atoms with van der Waals surface area (Å²) in [5.74, 6) is -0.505. The van der Waals surface area contributed by atoms with E-state index in [0.29, 0.717) is 17.0 Å². The van der Waals surface area contributed by atoms with Crippen LogP contribution >= 0.6 is 11.6 Å². The van der Waals surface area contributed by atoms with E-state index in [1.54, 1.807) is 12.1 Å². The second-order valence-electron chi connectivity index (χ2n) is 4.89. The van der Waals surface area contributed by atoms with E-state index in [-0.39, 0.29) is 11.3 Å². The van der Waals surface area contributed by atoms with Crippen LogP contribution in [0.3, 0.4) is 0 Å². The maximum Gasteiger partial charge on any atom is 0.275 e. The largest absolute Gasteiger partial charge is 0.507 e. The molecule has 1 amide bonds. The molecule has 2 rings (SSSR count). The number of aromatic hydroxyl groups is 1. The van der Waals surface area contributed by atoms with Gasteiger partial charge in [-0.15, -0.1) is 0 Å². The number of carbonyl (C=O) groups excluding carboxylic acids is 1. The average molecular weight is 317 g/mol. The number of benzene rings is 2. The molecule has 2 aromatic carbocycles. The van der Waals surface area contributed by atoms with Crippen molar-refractivity contribution in [1.29, 1.82) is 0 Å². The number of nitrogens with one attached hydrogen (secondary N) is 1. The van der Waals surface area contributed by atoms with Gasteiger partial charge in [-0.3, -0.25) is 4.79 Å². The highest BCUT2D eigenvalue weighted by Crippen LogP contribution is 2.21. The van der Waals surface area contributed by atoms with Crippen LogP contribution in [0.5, 0.6) is 5.75 Å². The first-order chi connectivity index (χ1) is 10.5. The van der Waals surface area contributed by atoms with Crippen LogP contribution < -0.4 is 5.43 Å². The Morgan fingerprint density at radius 3 is 2.82 bits per heavy atom. The van der Waals surface area contributed by atoms with E-state index < -0.39 is 5.91 Å². The molecule has 0 heterocycles. The SMILES string of the molecule is CCc1cccc(O)c1C(=O)NN=Cc1ccc(C)cc1Cl. The van der Waals surface area contributed by atoms with Gasteiger partial charge in [0.2, 0.25) is 0 Å². The summed E-state index contributed by atoms with van der Waals surface area (Å²) in [7, 11) is 0. The highest BCUT2D eigenvalue weighted by Gasteiger charge is 2.14. The monoisotopic (exact) mass is 316 g/mol. The fourth-order valence-corrected chi connectivity index (χ4v) is 2.38. The first-order valence-electron chi connectivity index (χ1n) is 6.93. The topological polar surface area (TPSA) is 61.7 Å². The van der Waals surface area contributed by atoms with E-state index in [4.69, 9.17) is 11.6 Å². The highest BCUT2D eigenvalue weighted by atomic mass is 35.5. The predicted molar refractivity (Wildman–Crippen MR) is 88.7 cm³/mol. The lowest BCUT2D eigenvalue weighted by atomic mass is 10.0. The second-order valence-corrected chi connectivity index (χ2v) is 5.30. The van der Waals surface area contributed by atoms with E-state index in [9.17, 15) is 9.90 Å². The van der Waals surface area contributed by atoms with Crippen molar-refractivity contribution in [3.8, 4) is 5.75 Å². The fourth-order valence-electron chi connectivity index (χ4n) is 2.10. The Labute approximate surface area is 134 Å². The minimum absolute atomic E-state index is 0.0552. The van der Waals surface area contributed by atoms with Gasteiger partial charge in [0.15, 0.2) is 0 Å². The third-order valence-corrected chi connectivity index (χ3v) is 3.59. The zero-order chi connectivity index (χ0) is 16.1. The van der Waals surface area contributed by atoms with Crippen molar-refractivity contribution >= 4 is 23.7 Å². The summed E-state index contributed by atoms with van der Waals surface area (Å²) in [6, 6.07) is 10.5. The van der Waals surface area contributed by atoms with E-state index in [1.807, 2.05) is 32.0 Å². The number of phenolic OH excluding ortho intramolecular Hbond substituents is 1. The molecule has 0 saturated carbocycles. The molecule has 0 aliphatic heterocycles. The van der Waals surface area contributed by atoms with Crippen LogP contribution in [0, 0.1) is 6.92 Å². The molecule has 0 spiro atoms. The fraction of sp³-hybridized carbons (Fsp3) is 0.176. The molecule has 22 heavy (non-hydrogen) atoms. The van der Waals surface area contributed by atoms with Gasteiger partial charge in [0, 0.05) is 10.6 Å². The zero-order valence-corrected chi connectivity index (χ0v) is 13.2. The summed E-state index contributed by atoms with van der Waals surface area (Å²) >= 11 is 6.09. The Bertz CT molecular complexity index is 727. The molecule has 0 unspecified atom stereocenters. The van der Waals surface area contributed by atoms with E-state index >= 15 is 0 Å². The second kappa shape index (κ2) is 7.09. The Balaban J connectivity index is 2.15. The lowest BCUT2D eigenvalue weighted by Gasteiger charge is -2.08. The Kier molecular flexibility index (Phi) is 5.17. The Morgan fingerprint density at radius 1 is 1.36 bits per heavy atom. The summed E-state index contributed by atoms with van der Waals surface area (Å²) in [4.78, 5) is 12.2. The van der Waals surface area contributed by atoms with E-state index in [0.717, 1.165) is 11.1 Å². The van der Waals surface area contributed by atoms with Gasteiger partial charge in [-0.25, -0.2) is 5.43 Å². The molecule has 0 aliphatic rings. The normalized spacial score (nSPS) is 10.9. The molecule has 0 saturated heterocycles. The molecule has 2 aromatic rings. The van der Waals surface area contributed by atoms with Gasteiger partial charge in [-0.05, 0) is 36.6 Å². The van der Waals surface area contributed by atoms with Gasteiger partial charge < -0.3 is 5.11 Å². The lowest BCUT2D eigenvalue weighted by molar-refractivity contribution is 0.0951. The number of amides is 1. The van der Waals surface area contributed by atoms with Crippen LogP contribution in [0.4, 0.5) is 0 Å². The van der Waals surface area contributed by atoms with Crippen LogP contribution in [0.25, 0.3) is 0 Å². The van der Waals surface area contributed by atoms with Crippen LogP contribution in [0.2, 0.25) is 5.02 Å². The maximum atomic E-state index is 12.2. The first kappa shape index (κ1) is 16.0. The molecular weight excluding hydrogens is 300 g/mol. The van der Waals surface area contributed by atoms with Gasteiger partial charge in [0.25, 0.3) is 5.91 Å². The quantitative estimate of drug-likeness (QED) is 0.667. The number of halogens is 1. The average Bonchev–Trinajstić information content (AvgIpc) is 2.48. The smallest absolute Gasteiger partial charge is 0.275 e. The minimum atomic E-state index is -0.450. The summed E-state index contributed by atoms with van der Waals surface area (Å²) < 4.78 is 0. The molecule has 4 nitrogen and oxygen atoms in total. The van der Waals surface area contributed by atoms with Crippen LogP contribution in [0.1, 0.15) is 34.0 Å². The number of hydrazone groups is 1. The Hall–Kier alpha value is -2.33. The molecule has 0 fully saturated rings. The van der Waals surface area contributed by atoms with Crippen molar-refractivity contribution in [2.45, 2.75) is 20.3 Å². The van der Waals surface area contributed by atoms with Gasteiger partial charge in [-0.1, -0.05) is 42.8 Å². The highest BCUT2D eigenvalue weighted by molar-refractivity contribution is 6.33. The van der Waals surface area contributed by atoms with Crippen molar-refractivity contribution in [2.75, 3.05) is 0 Å². The number of phenols is 1. The maximum absolute atomic E-state index is 12.2. The molecule has 0 radical (unpaired) electrons. The van der Waals surface area contributed by atoms with Gasteiger partial charge in [0.1, 0.15) is 5.75 Å². The molecular formula is C17H17ClN2O2.